The van der Waals surface area contributed by atoms with Crippen molar-refractivity contribution in [1.82, 2.24) is 19.9 Å². The third kappa shape index (κ3) is 5.62. The molecule has 0 saturated carbocycles. The summed E-state index contributed by atoms with van der Waals surface area (Å²) in [6, 6.07) is 12.7. The molecule has 38 heavy (non-hydrogen) atoms. The van der Waals surface area contributed by atoms with E-state index in [4.69, 9.17) is 18.9 Å². The number of ether oxygens (including phenoxy) is 4. The van der Waals surface area contributed by atoms with Crippen molar-refractivity contribution in [2.75, 3.05) is 26.1 Å². The number of rotatable bonds is 9. The van der Waals surface area contributed by atoms with E-state index in [1.54, 1.807) is 43.3 Å². The number of nitrogens with one attached hydrogen (secondary N) is 1. The zero-order valence-corrected chi connectivity index (χ0v) is 21.6. The number of nitrogens with zero attached hydrogens (tertiary/aromatic N) is 4. The summed E-state index contributed by atoms with van der Waals surface area (Å²) in [6.45, 7) is 1.79. The Morgan fingerprint density at radius 2 is 1.68 bits per heavy atom. The second-order valence-electron chi connectivity index (χ2n) is 7.69. The van der Waals surface area contributed by atoms with Crippen LogP contribution in [0.5, 0.6) is 23.1 Å². The third-order valence-electron chi connectivity index (χ3n) is 5.11. The first-order valence-corrected chi connectivity index (χ1v) is 12.5. The highest BCUT2D eigenvalue weighted by molar-refractivity contribution is 7.92. The average molecular weight is 538 g/mol. The van der Waals surface area contributed by atoms with Crippen LogP contribution in [0.15, 0.2) is 66.0 Å². The molecule has 3 heterocycles. The van der Waals surface area contributed by atoms with E-state index in [0.29, 0.717) is 11.3 Å². The van der Waals surface area contributed by atoms with Crippen LogP contribution in [0.25, 0.3) is 11.4 Å². The SMILES string of the molecule is COC(=O)c1cc(-c2nc(NS(=O)(=O)c3ccc(C)cn3)c(Oc3ccccc3OC)c(OC)n2)ccn1. The molecule has 0 radical (unpaired) electrons. The van der Waals surface area contributed by atoms with Gasteiger partial charge >= 0.3 is 5.97 Å². The molecule has 0 aliphatic rings. The van der Waals surface area contributed by atoms with Crippen molar-refractivity contribution >= 4 is 21.8 Å². The molecular formula is C25H23N5O7S. The minimum atomic E-state index is -4.21. The number of aromatic nitrogens is 4. The molecule has 1 aromatic carbocycles. The van der Waals surface area contributed by atoms with E-state index in [2.05, 4.69) is 24.7 Å². The van der Waals surface area contributed by atoms with Crippen molar-refractivity contribution in [2.45, 2.75) is 11.9 Å². The second-order valence-corrected chi connectivity index (χ2v) is 9.32. The average Bonchev–Trinajstić information content (AvgIpc) is 2.93. The highest BCUT2D eigenvalue weighted by Gasteiger charge is 2.26. The molecule has 3 aromatic heterocycles. The first kappa shape index (κ1) is 26.3. The van der Waals surface area contributed by atoms with Crippen molar-refractivity contribution in [3.8, 4) is 34.5 Å². The van der Waals surface area contributed by atoms with Crippen LogP contribution >= 0.6 is 0 Å². The van der Waals surface area contributed by atoms with Crippen LogP contribution in [0.4, 0.5) is 5.82 Å². The van der Waals surface area contributed by atoms with Gasteiger partial charge in [0.25, 0.3) is 15.9 Å². The van der Waals surface area contributed by atoms with Crippen LogP contribution < -0.4 is 18.9 Å². The van der Waals surface area contributed by atoms with Gasteiger partial charge in [-0.1, -0.05) is 18.2 Å². The van der Waals surface area contributed by atoms with Gasteiger partial charge in [0.15, 0.2) is 28.2 Å². The molecule has 0 fully saturated rings. The van der Waals surface area contributed by atoms with E-state index in [1.807, 2.05) is 0 Å². The lowest BCUT2D eigenvalue weighted by Crippen LogP contribution is -2.17. The van der Waals surface area contributed by atoms with E-state index >= 15 is 0 Å². The molecule has 1 N–H and O–H groups in total. The van der Waals surface area contributed by atoms with E-state index in [-0.39, 0.29) is 39.7 Å². The number of hydrogen-bond acceptors (Lipinski definition) is 11. The van der Waals surface area contributed by atoms with Gasteiger partial charge in [0.2, 0.25) is 5.75 Å². The Bertz CT molecular complexity index is 1580. The second kappa shape index (κ2) is 11.1. The van der Waals surface area contributed by atoms with Gasteiger partial charge in [-0.2, -0.15) is 13.4 Å². The van der Waals surface area contributed by atoms with Crippen molar-refractivity contribution in [1.29, 1.82) is 0 Å². The first-order valence-electron chi connectivity index (χ1n) is 11.0. The number of para-hydroxylation sites is 2. The maximum Gasteiger partial charge on any atom is 0.356 e. The first-order chi connectivity index (χ1) is 18.2. The molecule has 0 saturated heterocycles. The van der Waals surface area contributed by atoms with Crippen LogP contribution in [-0.4, -0.2) is 55.7 Å². The van der Waals surface area contributed by atoms with Crippen LogP contribution in [0.2, 0.25) is 0 Å². The fourth-order valence-corrected chi connectivity index (χ4v) is 4.19. The molecule has 0 bridgehead atoms. The molecule has 0 atom stereocenters. The van der Waals surface area contributed by atoms with Crippen molar-refractivity contribution in [2.24, 2.45) is 0 Å². The Labute approximate surface area is 218 Å². The summed E-state index contributed by atoms with van der Waals surface area (Å²) in [5, 5.41) is -0.234. The van der Waals surface area contributed by atoms with Gasteiger partial charge in [-0.05, 0) is 42.8 Å². The fraction of sp³-hybridized carbons (Fsp3) is 0.160. The summed E-state index contributed by atoms with van der Waals surface area (Å²) >= 11 is 0. The minimum absolute atomic E-state index is 0.00732. The lowest BCUT2D eigenvalue weighted by Gasteiger charge is -2.17. The molecule has 0 aliphatic carbocycles. The molecule has 0 spiro atoms. The number of methoxy groups -OCH3 is 3. The van der Waals surface area contributed by atoms with Crippen LogP contribution in [-0.2, 0) is 14.8 Å². The summed E-state index contributed by atoms with van der Waals surface area (Å²) in [7, 11) is -0.179. The zero-order chi connectivity index (χ0) is 27.3. The van der Waals surface area contributed by atoms with Gasteiger partial charge in [-0.3, -0.25) is 4.72 Å². The fourth-order valence-electron chi connectivity index (χ4n) is 3.25. The highest BCUT2D eigenvalue weighted by atomic mass is 32.2. The number of carbonyl (C=O) groups excluding carboxylic acids is 1. The summed E-state index contributed by atoms with van der Waals surface area (Å²) in [4.78, 5) is 28.8. The monoisotopic (exact) mass is 537 g/mol. The van der Waals surface area contributed by atoms with Gasteiger partial charge in [0, 0.05) is 18.0 Å². The molecule has 0 aliphatic heterocycles. The molecule has 4 aromatic rings. The summed E-state index contributed by atoms with van der Waals surface area (Å²) < 4.78 is 50.5. The smallest absolute Gasteiger partial charge is 0.356 e. The van der Waals surface area contributed by atoms with E-state index in [1.165, 1.54) is 45.9 Å². The zero-order valence-electron chi connectivity index (χ0n) is 20.8. The maximum atomic E-state index is 13.2. The molecule has 12 nitrogen and oxygen atoms in total. The van der Waals surface area contributed by atoms with Gasteiger partial charge in [-0.15, -0.1) is 0 Å². The molecule has 0 unspecified atom stereocenters. The Kier molecular flexibility index (Phi) is 7.67. The van der Waals surface area contributed by atoms with Gasteiger partial charge in [0.1, 0.15) is 5.69 Å². The normalized spacial score (nSPS) is 10.9. The topological polar surface area (TPSA) is 152 Å². The lowest BCUT2D eigenvalue weighted by atomic mass is 10.2. The van der Waals surface area contributed by atoms with Gasteiger partial charge in [-0.25, -0.2) is 19.7 Å². The van der Waals surface area contributed by atoms with Gasteiger partial charge in [0.05, 0.1) is 21.3 Å². The third-order valence-corrected chi connectivity index (χ3v) is 6.37. The molecular weight excluding hydrogens is 514 g/mol. The number of pyridine rings is 2. The Hall–Kier alpha value is -4.78. The summed E-state index contributed by atoms with van der Waals surface area (Å²) in [5.74, 6) is -0.459. The summed E-state index contributed by atoms with van der Waals surface area (Å²) in [6.07, 6.45) is 2.80. The number of esters is 1. The quantitative estimate of drug-likeness (QED) is 0.312. The van der Waals surface area contributed by atoms with Crippen molar-refractivity contribution in [3.05, 3.63) is 72.2 Å². The minimum Gasteiger partial charge on any atom is -0.493 e. The van der Waals surface area contributed by atoms with E-state index in [0.717, 1.165) is 5.56 Å². The highest BCUT2D eigenvalue weighted by Crippen LogP contribution is 2.41. The number of benzene rings is 1. The largest absolute Gasteiger partial charge is 0.493 e. The Morgan fingerprint density at radius 3 is 2.34 bits per heavy atom. The molecule has 13 heteroatoms. The molecule has 196 valence electrons. The van der Waals surface area contributed by atoms with E-state index in [9.17, 15) is 13.2 Å². The van der Waals surface area contributed by atoms with E-state index < -0.39 is 16.0 Å². The molecule has 4 rings (SSSR count). The number of aryl methyl sites for hydroxylation is 1. The number of carbonyl (C=O) groups is 1. The number of anilines is 1. The van der Waals surface area contributed by atoms with Crippen LogP contribution in [0.1, 0.15) is 16.1 Å². The van der Waals surface area contributed by atoms with Crippen molar-refractivity contribution < 1.29 is 32.2 Å². The Balaban J connectivity index is 1.88. The molecule has 0 amide bonds. The lowest BCUT2D eigenvalue weighted by molar-refractivity contribution is 0.0594. The standard InChI is InChI=1S/C25H23N5O7S/c1-15-9-10-20(27-14-15)38(32,33)30-23-21(37-19-8-6-5-7-18(19)34-2)24(35-3)29-22(28-23)16-11-12-26-17(13-16)25(31)36-4/h5-14H,1-4H3,(H,28,29,30). The number of hydrogen-bond donors (Lipinski definition) is 1. The van der Waals surface area contributed by atoms with Gasteiger partial charge < -0.3 is 18.9 Å². The predicted molar refractivity (Wildman–Crippen MR) is 136 cm³/mol. The predicted octanol–water partition coefficient (Wildman–Crippen LogP) is 3.64. The maximum absolute atomic E-state index is 13.2. The van der Waals surface area contributed by atoms with Crippen molar-refractivity contribution in [3.63, 3.8) is 0 Å². The number of sulfonamides is 1. The van der Waals surface area contributed by atoms with Crippen LogP contribution in [0.3, 0.4) is 0 Å². The Morgan fingerprint density at radius 1 is 0.921 bits per heavy atom. The summed E-state index contributed by atoms with van der Waals surface area (Å²) in [5.41, 5.74) is 1.14. The van der Waals surface area contributed by atoms with Crippen LogP contribution in [0, 0.1) is 6.92 Å².